The largest absolute Gasteiger partial charge is 0.371 e. The summed E-state index contributed by atoms with van der Waals surface area (Å²) in [6.45, 7) is 5.08. The van der Waals surface area contributed by atoms with Gasteiger partial charge in [-0.15, -0.1) is 0 Å². The molecule has 4 rings (SSSR count). The molecule has 1 aliphatic carbocycles. The normalized spacial score (nSPS) is 18.6. The maximum absolute atomic E-state index is 6.27. The van der Waals surface area contributed by atoms with E-state index in [0.717, 1.165) is 25.9 Å². The molecule has 158 valence electrons. The fourth-order valence-electron chi connectivity index (χ4n) is 4.82. The van der Waals surface area contributed by atoms with Gasteiger partial charge in [0, 0.05) is 13.0 Å². The standard InChI is InChI=1S/C29H32OP/c1-3-22-29(30-4-2)23-20-28(21-24-29)31(25-14-8-5-9-15-25,26-16-10-6-11-17-26)27-18-12-7-13-19-27/h5-21,23H,3-4,22,24H2,1-2H3/q+1. The zero-order valence-electron chi connectivity index (χ0n) is 18.6. The fraction of sp³-hybridized carbons (Fsp3) is 0.241. The summed E-state index contributed by atoms with van der Waals surface area (Å²) >= 11 is 0. The van der Waals surface area contributed by atoms with Crippen LogP contribution in [0.3, 0.4) is 0 Å². The highest BCUT2D eigenvalue weighted by Crippen LogP contribution is 2.64. The maximum Gasteiger partial charge on any atom is 0.143 e. The van der Waals surface area contributed by atoms with Crippen molar-refractivity contribution in [3.63, 3.8) is 0 Å². The highest BCUT2D eigenvalue weighted by atomic mass is 31.2. The fourth-order valence-corrected chi connectivity index (χ4v) is 9.13. The van der Waals surface area contributed by atoms with Gasteiger partial charge >= 0.3 is 0 Å². The summed E-state index contributed by atoms with van der Waals surface area (Å²) in [5, 5.41) is 5.59. The second-order valence-corrected chi connectivity index (χ2v) is 11.5. The molecule has 0 bridgehead atoms. The molecule has 0 aromatic heterocycles. The lowest BCUT2D eigenvalue weighted by Crippen LogP contribution is -2.35. The molecule has 1 atom stereocenters. The number of benzene rings is 3. The van der Waals surface area contributed by atoms with Gasteiger partial charge in [-0.3, -0.25) is 0 Å². The molecular formula is C29H32OP+. The van der Waals surface area contributed by atoms with Gasteiger partial charge in [0.1, 0.15) is 28.5 Å². The second kappa shape index (κ2) is 9.77. The lowest BCUT2D eigenvalue weighted by molar-refractivity contribution is -0.00629. The van der Waals surface area contributed by atoms with Crippen molar-refractivity contribution >= 4 is 23.2 Å². The van der Waals surface area contributed by atoms with Gasteiger partial charge in [-0.2, -0.15) is 0 Å². The van der Waals surface area contributed by atoms with Gasteiger partial charge in [-0.25, -0.2) is 0 Å². The molecule has 1 unspecified atom stereocenters. The van der Waals surface area contributed by atoms with Crippen molar-refractivity contribution in [1.82, 2.24) is 0 Å². The van der Waals surface area contributed by atoms with Crippen LogP contribution in [0.2, 0.25) is 0 Å². The van der Waals surface area contributed by atoms with Crippen molar-refractivity contribution in [3.8, 4) is 0 Å². The Bertz CT molecular complexity index is 919. The van der Waals surface area contributed by atoms with Crippen LogP contribution in [0.15, 0.2) is 115 Å². The molecule has 0 radical (unpaired) electrons. The smallest absolute Gasteiger partial charge is 0.143 e. The first kappa shape index (κ1) is 21.8. The predicted molar refractivity (Wildman–Crippen MR) is 136 cm³/mol. The van der Waals surface area contributed by atoms with Crippen molar-refractivity contribution in [1.29, 1.82) is 0 Å². The molecule has 0 heterocycles. The quantitative estimate of drug-likeness (QED) is 0.378. The van der Waals surface area contributed by atoms with Crippen LogP contribution in [-0.2, 0) is 4.74 Å². The third kappa shape index (κ3) is 4.18. The molecule has 0 N–H and O–H groups in total. The summed E-state index contributed by atoms with van der Waals surface area (Å²) in [5.41, 5.74) is -0.174. The van der Waals surface area contributed by atoms with E-state index in [1.807, 2.05) is 0 Å². The van der Waals surface area contributed by atoms with Gasteiger partial charge in [0.05, 0.1) is 5.60 Å². The van der Waals surface area contributed by atoms with E-state index in [-0.39, 0.29) is 5.60 Å². The summed E-state index contributed by atoms with van der Waals surface area (Å²) in [4.78, 5) is 0. The third-order valence-corrected chi connectivity index (χ3v) is 10.5. The third-order valence-electron chi connectivity index (χ3n) is 6.14. The second-order valence-electron chi connectivity index (χ2n) is 8.09. The Morgan fingerprint density at radius 1 is 0.742 bits per heavy atom. The zero-order chi connectivity index (χ0) is 21.6. The first-order chi connectivity index (χ1) is 15.2. The monoisotopic (exact) mass is 427 g/mol. The topological polar surface area (TPSA) is 9.23 Å². The van der Waals surface area contributed by atoms with E-state index in [9.17, 15) is 0 Å². The van der Waals surface area contributed by atoms with Crippen LogP contribution in [0.25, 0.3) is 0 Å². The minimum absolute atomic E-state index is 0.174. The van der Waals surface area contributed by atoms with Crippen molar-refractivity contribution in [2.75, 3.05) is 6.61 Å². The van der Waals surface area contributed by atoms with Gasteiger partial charge in [-0.05, 0) is 68.0 Å². The molecular weight excluding hydrogens is 395 g/mol. The maximum atomic E-state index is 6.27. The summed E-state index contributed by atoms with van der Waals surface area (Å²) in [6.07, 6.45) is 10.3. The lowest BCUT2D eigenvalue weighted by atomic mass is 9.90. The Hall–Kier alpha value is -2.47. The van der Waals surface area contributed by atoms with Crippen molar-refractivity contribution in [3.05, 3.63) is 115 Å². The van der Waals surface area contributed by atoms with Gasteiger partial charge in [-0.1, -0.05) is 67.9 Å². The molecule has 31 heavy (non-hydrogen) atoms. The Morgan fingerprint density at radius 3 is 1.58 bits per heavy atom. The molecule has 0 fully saturated rings. The molecule has 1 nitrogen and oxygen atoms in total. The molecule has 3 aromatic carbocycles. The van der Waals surface area contributed by atoms with Gasteiger partial charge in [0.25, 0.3) is 0 Å². The first-order valence-corrected chi connectivity index (χ1v) is 13.1. The van der Waals surface area contributed by atoms with Gasteiger partial charge in [0.15, 0.2) is 0 Å². The Balaban J connectivity index is 1.94. The minimum Gasteiger partial charge on any atom is -0.371 e. The molecule has 0 spiro atoms. The molecule has 1 aliphatic rings. The first-order valence-electron chi connectivity index (χ1n) is 11.3. The Labute approximate surface area is 187 Å². The SMILES string of the molecule is CCCC1(OCC)C=CC([P+](c2ccccc2)(c2ccccc2)c2ccccc2)=CC1. The molecule has 0 saturated heterocycles. The van der Waals surface area contributed by atoms with Crippen molar-refractivity contribution in [2.24, 2.45) is 0 Å². The van der Waals surface area contributed by atoms with Crippen LogP contribution in [-0.4, -0.2) is 12.2 Å². The van der Waals surface area contributed by atoms with E-state index in [1.54, 1.807) is 0 Å². The van der Waals surface area contributed by atoms with E-state index in [2.05, 4.69) is 123 Å². The number of rotatable bonds is 8. The van der Waals surface area contributed by atoms with Gasteiger partial charge in [0.2, 0.25) is 0 Å². The van der Waals surface area contributed by atoms with Crippen LogP contribution < -0.4 is 15.9 Å². The van der Waals surface area contributed by atoms with Crippen LogP contribution in [0.5, 0.6) is 0 Å². The van der Waals surface area contributed by atoms with Crippen LogP contribution in [0.1, 0.15) is 33.1 Å². The van der Waals surface area contributed by atoms with E-state index in [0.29, 0.717) is 0 Å². The van der Waals surface area contributed by atoms with Crippen molar-refractivity contribution in [2.45, 2.75) is 38.7 Å². The summed E-state index contributed by atoms with van der Waals surface area (Å²) in [6, 6.07) is 33.2. The number of hydrogen-bond acceptors (Lipinski definition) is 1. The lowest BCUT2D eigenvalue weighted by Gasteiger charge is -2.35. The molecule has 0 amide bonds. The van der Waals surface area contributed by atoms with Crippen LogP contribution in [0, 0.1) is 0 Å². The van der Waals surface area contributed by atoms with Gasteiger partial charge < -0.3 is 4.74 Å². The summed E-state index contributed by atoms with van der Waals surface area (Å²) in [7, 11) is -2.00. The number of ether oxygens (including phenoxy) is 1. The number of hydrogen-bond donors (Lipinski definition) is 0. The predicted octanol–water partition coefficient (Wildman–Crippen LogP) is 6.40. The molecule has 0 aliphatic heterocycles. The van der Waals surface area contributed by atoms with Crippen LogP contribution >= 0.6 is 7.26 Å². The van der Waals surface area contributed by atoms with E-state index in [4.69, 9.17) is 4.74 Å². The highest BCUT2D eigenvalue weighted by molar-refractivity contribution is 7.99. The average molecular weight is 428 g/mol. The number of allylic oxidation sites excluding steroid dienone is 2. The summed E-state index contributed by atoms with van der Waals surface area (Å²) in [5.74, 6) is 0. The molecule has 3 aromatic rings. The van der Waals surface area contributed by atoms with Crippen LogP contribution in [0.4, 0.5) is 0 Å². The Morgan fingerprint density at radius 2 is 1.23 bits per heavy atom. The van der Waals surface area contributed by atoms with E-state index < -0.39 is 7.26 Å². The average Bonchev–Trinajstić information content (AvgIpc) is 2.83. The molecule has 2 heteroatoms. The Kier molecular flexibility index (Phi) is 6.86. The minimum atomic E-state index is -2.00. The van der Waals surface area contributed by atoms with Crippen molar-refractivity contribution < 1.29 is 4.74 Å². The zero-order valence-corrected chi connectivity index (χ0v) is 19.5. The van der Waals surface area contributed by atoms with E-state index in [1.165, 1.54) is 21.2 Å². The highest BCUT2D eigenvalue weighted by Gasteiger charge is 2.49. The van der Waals surface area contributed by atoms with E-state index >= 15 is 0 Å². The molecule has 0 saturated carbocycles. The summed E-state index contributed by atoms with van der Waals surface area (Å²) < 4.78 is 6.27.